The van der Waals surface area contributed by atoms with Crippen molar-refractivity contribution >= 4 is 15.9 Å². The van der Waals surface area contributed by atoms with Crippen molar-refractivity contribution in [2.75, 3.05) is 19.6 Å². The Morgan fingerprint density at radius 1 is 1.10 bits per heavy atom. The molecule has 0 atom stereocenters. The molecule has 0 radical (unpaired) electrons. The van der Waals surface area contributed by atoms with Crippen LogP contribution in [0.2, 0.25) is 0 Å². The fourth-order valence-corrected chi connectivity index (χ4v) is 6.13. The Hall–Kier alpha value is -2.38. The third-order valence-electron chi connectivity index (χ3n) is 5.65. The minimum Gasteiger partial charge on any atom is -0.508 e. The van der Waals surface area contributed by atoms with Crippen molar-refractivity contribution in [3.8, 4) is 5.75 Å². The average Bonchev–Trinajstić information content (AvgIpc) is 2.67. The van der Waals surface area contributed by atoms with Gasteiger partial charge in [0.05, 0.1) is 4.90 Å². The molecule has 162 valence electrons. The van der Waals surface area contributed by atoms with Crippen LogP contribution in [0.25, 0.3) is 0 Å². The highest BCUT2D eigenvalue weighted by atomic mass is 32.2. The average molecular weight is 431 g/mol. The smallest absolute Gasteiger partial charge is 0.243 e. The first-order chi connectivity index (χ1) is 14.2. The lowest BCUT2D eigenvalue weighted by Gasteiger charge is -2.31. The number of piperidine rings is 1. The predicted octanol–water partition coefficient (Wildman–Crippen LogP) is 3.08. The van der Waals surface area contributed by atoms with E-state index in [0.717, 1.165) is 22.3 Å². The lowest BCUT2D eigenvalue weighted by molar-refractivity contribution is -0.126. The Kier molecular flexibility index (Phi) is 6.83. The maximum absolute atomic E-state index is 13.2. The third-order valence-corrected chi connectivity index (χ3v) is 7.86. The molecule has 6 nitrogen and oxygen atoms in total. The number of hydrogen-bond donors (Lipinski definition) is 2. The molecule has 2 aromatic rings. The lowest BCUT2D eigenvalue weighted by atomic mass is 9.97. The van der Waals surface area contributed by atoms with Crippen LogP contribution in [0.15, 0.2) is 41.3 Å². The van der Waals surface area contributed by atoms with Crippen molar-refractivity contribution in [1.82, 2.24) is 9.62 Å². The van der Waals surface area contributed by atoms with Gasteiger partial charge >= 0.3 is 0 Å². The molecule has 0 unspecified atom stereocenters. The molecule has 0 spiro atoms. The highest BCUT2D eigenvalue weighted by molar-refractivity contribution is 7.89. The van der Waals surface area contributed by atoms with Gasteiger partial charge in [-0.3, -0.25) is 4.79 Å². The van der Waals surface area contributed by atoms with E-state index in [1.807, 2.05) is 39.0 Å². The molecular weight excluding hydrogens is 400 g/mol. The number of carbonyl (C=O) groups excluding carboxylic acids is 1. The Morgan fingerprint density at radius 3 is 2.33 bits per heavy atom. The predicted molar refractivity (Wildman–Crippen MR) is 117 cm³/mol. The number of aromatic hydroxyl groups is 1. The number of sulfonamides is 1. The van der Waals surface area contributed by atoms with E-state index in [-0.39, 0.29) is 17.6 Å². The van der Waals surface area contributed by atoms with Gasteiger partial charge in [-0.05, 0) is 68.9 Å². The molecule has 0 bridgehead atoms. The van der Waals surface area contributed by atoms with E-state index < -0.39 is 10.0 Å². The summed E-state index contributed by atoms with van der Waals surface area (Å²) in [5.41, 5.74) is 3.53. The molecule has 1 aliphatic rings. The summed E-state index contributed by atoms with van der Waals surface area (Å²) in [5, 5.41) is 12.4. The highest BCUT2D eigenvalue weighted by Gasteiger charge is 2.33. The summed E-state index contributed by atoms with van der Waals surface area (Å²) in [4.78, 5) is 12.9. The molecule has 1 amide bonds. The second-order valence-corrected chi connectivity index (χ2v) is 9.99. The van der Waals surface area contributed by atoms with Crippen LogP contribution in [0.4, 0.5) is 0 Å². The molecule has 1 heterocycles. The van der Waals surface area contributed by atoms with Crippen LogP contribution >= 0.6 is 0 Å². The molecule has 0 aliphatic carbocycles. The van der Waals surface area contributed by atoms with E-state index in [2.05, 4.69) is 5.32 Å². The van der Waals surface area contributed by atoms with Gasteiger partial charge in [0.25, 0.3) is 0 Å². The number of aryl methyl sites for hydroxylation is 3. The molecule has 30 heavy (non-hydrogen) atoms. The second-order valence-electron chi connectivity index (χ2n) is 8.12. The van der Waals surface area contributed by atoms with Crippen LogP contribution in [-0.4, -0.2) is 43.4 Å². The molecule has 1 saturated heterocycles. The fraction of sp³-hybridized carbons (Fsp3) is 0.435. The summed E-state index contributed by atoms with van der Waals surface area (Å²) in [7, 11) is -3.57. The summed E-state index contributed by atoms with van der Waals surface area (Å²) < 4.78 is 27.9. The van der Waals surface area contributed by atoms with E-state index in [1.54, 1.807) is 18.2 Å². The van der Waals surface area contributed by atoms with Gasteiger partial charge in [0.1, 0.15) is 5.75 Å². The van der Waals surface area contributed by atoms with Crippen molar-refractivity contribution in [1.29, 1.82) is 0 Å². The number of amides is 1. The minimum atomic E-state index is -3.57. The number of nitrogens with zero attached hydrogens (tertiary/aromatic N) is 1. The molecule has 0 aromatic heterocycles. The van der Waals surface area contributed by atoms with Crippen molar-refractivity contribution in [3.05, 3.63) is 58.7 Å². The van der Waals surface area contributed by atoms with Crippen LogP contribution in [0.3, 0.4) is 0 Å². The summed E-state index contributed by atoms with van der Waals surface area (Å²) in [6, 6.07) is 10.8. The number of rotatable bonds is 6. The molecule has 0 saturated carbocycles. The SMILES string of the molecule is Cc1cc(C)c(S(=O)(=O)N2CCC(C(=O)NCCc3cccc(O)c3)CC2)c(C)c1. The van der Waals surface area contributed by atoms with Crippen molar-refractivity contribution in [2.24, 2.45) is 5.92 Å². The maximum atomic E-state index is 13.2. The van der Waals surface area contributed by atoms with Crippen molar-refractivity contribution in [3.63, 3.8) is 0 Å². The minimum absolute atomic E-state index is 0.0325. The largest absolute Gasteiger partial charge is 0.508 e. The first-order valence-electron chi connectivity index (χ1n) is 10.3. The summed E-state index contributed by atoms with van der Waals surface area (Å²) in [6.45, 7) is 6.81. The van der Waals surface area contributed by atoms with Gasteiger partial charge in [-0.15, -0.1) is 0 Å². The van der Waals surface area contributed by atoms with Gasteiger partial charge < -0.3 is 10.4 Å². The van der Waals surface area contributed by atoms with Crippen LogP contribution in [0, 0.1) is 26.7 Å². The Bertz CT molecular complexity index is 1000. The Labute approximate surface area is 179 Å². The molecule has 1 fully saturated rings. The van der Waals surface area contributed by atoms with Gasteiger partial charge in [0.15, 0.2) is 0 Å². The van der Waals surface area contributed by atoms with Crippen molar-refractivity contribution < 1.29 is 18.3 Å². The molecule has 2 N–H and O–H groups in total. The summed E-state index contributed by atoms with van der Waals surface area (Å²) in [6.07, 6.45) is 1.67. The van der Waals surface area contributed by atoms with Gasteiger partial charge in [0.2, 0.25) is 15.9 Å². The van der Waals surface area contributed by atoms with Crippen LogP contribution in [0.1, 0.15) is 35.1 Å². The zero-order valence-electron chi connectivity index (χ0n) is 17.8. The van der Waals surface area contributed by atoms with E-state index in [4.69, 9.17) is 0 Å². The van der Waals surface area contributed by atoms with Gasteiger partial charge in [-0.1, -0.05) is 29.8 Å². The molecule has 7 heteroatoms. The zero-order chi connectivity index (χ0) is 21.9. The fourth-order valence-electron chi connectivity index (χ4n) is 4.25. The quantitative estimate of drug-likeness (QED) is 0.737. The van der Waals surface area contributed by atoms with E-state index >= 15 is 0 Å². The number of phenolic OH excluding ortho intramolecular Hbond substituents is 1. The maximum Gasteiger partial charge on any atom is 0.243 e. The van der Waals surface area contributed by atoms with E-state index in [9.17, 15) is 18.3 Å². The summed E-state index contributed by atoms with van der Waals surface area (Å²) in [5.74, 6) is 0.00203. The summed E-state index contributed by atoms with van der Waals surface area (Å²) >= 11 is 0. The number of nitrogens with one attached hydrogen (secondary N) is 1. The normalized spacial score (nSPS) is 15.8. The highest BCUT2D eigenvalue weighted by Crippen LogP contribution is 2.28. The number of phenols is 1. The van der Waals surface area contributed by atoms with Crippen LogP contribution in [0.5, 0.6) is 5.75 Å². The number of hydrogen-bond acceptors (Lipinski definition) is 4. The van der Waals surface area contributed by atoms with Gasteiger partial charge in [0, 0.05) is 25.6 Å². The van der Waals surface area contributed by atoms with Gasteiger partial charge in [-0.25, -0.2) is 8.42 Å². The Balaban J connectivity index is 1.56. The molecule has 3 rings (SSSR count). The monoisotopic (exact) mass is 430 g/mol. The van der Waals surface area contributed by atoms with Crippen LogP contribution < -0.4 is 5.32 Å². The lowest BCUT2D eigenvalue weighted by Crippen LogP contribution is -2.43. The number of benzene rings is 2. The van der Waals surface area contributed by atoms with Crippen LogP contribution in [-0.2, 0) is 21.2 Å². The first kappa shape index (κ1) is 22.3. The Morgan fingerprint density at radius 2 is 1.73 bits per heavy atom. The molecule has 1 aliphatic heterocycles. The standard InChI is InChI=1S/C23H30N2O4S/c1-16-13-17(2)22(18(3)14-16)30(28,29)25-11-8-20(9-12-25)23(27)24-10-7-19-5-4-6-21(26)15-19/h4-6,13-15,20,26H,7-12H2,1-3H3,(H,24,27). The topological polar surface area (TPSA) is 86.7 Å². The van der Waals surface area contributed by atoms with E-state index in [1.165, 1.54) is 4.31 Å². The third kappa shape index (κ3) is 5.02. The van der Waals surface area contributed by atoms with E-state index in [0.29, 0.717) is 43.8 Å². The van der Waals surface area contributed by atoms with Gasteiger partial charge in [-0.2, -0.15) is 4.31 Å². The second kappa shape index (κ2) is 9.18. The number of carbonyl (C=O) groups is 1. The molecule has 2 aromatic carbocycles. The zero-order valence-corrected chi connectivity index (χ0v) is 18.6. The van der Waals surface area contributed by atoms with Crippen molar-refractivity contribution in [2.45, 2.75) is 44.9 Å². The molecular formula is C23H30N2O4S. The first-order valence-corrected chi connectivity index (χ1v) is 11.8.